The number of hydrogen-bond acceptors (Lipinski definition) is 5. The van der Waals surface area contributed by atoms with E-state index in [-0.39, 0.29) is 18.2 Å². The van der Waals surface area contributed by atoms with Gasteiger partial charge < -0.3 is 25.2 Å². The quantitative estimate of drug-likeness (QED) is 0.408. The molecule has 0 aromatic heterocycles. The average Bonchev–Trinajstić information content (AvgIpc) is 3.24. The zero-order valence-electron chi connectivity index (χ0n) is 19.0. The van der Waals surface area contributed by atoms with Crippen LogP contribution in [0.4, 0.5) is 4.39 Å². The summed E-state index contributed by atoms with van der Waals surface area (Å²) in [5, 5.41) is 16.1. The molecule has 0 radical (unpaired) electrons. The summed E-state index contributed by atoms with van der Waals surface area (Å²) >= 11 is 0. The highest BCUT2D eigenvalue weighted by molar-refractivity contribution is 5.80. The van der Waals surface area contributed by atoms with Crippen LogP contribution >= 0.6 is 0 Å². The lowest BCUT2D eigenvalue weighted by molar-refractivity contribution is 0.275. The maximum atomic E-state index is 13.6. The number of methoxy groups -OCH3 is 2. The monoisotopic (exact) mass is 444 g/mol. The van der Waals surface area contributed by atoms with Gasteiger partial charge in [0.2, 0.25) is 0 Å². The average molecular weight is 445 g/mol. The number of halogens is 1. The summed E-state index contributed by atoms with van der Waals surface area (Å²) < 4.78 is 24.4. The standard InChI is InChI=1S/C24H33FN4O3/c1-4-26-24(27-13-17-5-6-23(25)19(9-17)16-30)28-20-7-8-29(15-20)14-18-10-21(31-2)12-22(11-18)32-3/h5-6,9-12,20,30H,4,7-8,13-16H2,1-3H3,(H2,26,27,28). The van der Waals surface area contributed by atoms with E-state index in [1.54, 1.807) is 26.4 Å². The van der Waals surface area contributed by atoms with Gasteiger partial charge in [-0.25, -0.2) is 9.38 Å². The molecule has 7 nitrogen and oxygen atoms in total. The van der Waals surface area contributed by atoms with Gasteiger partial charge in [0, 0.05) is 43.9 Å². The Hall–Kier alpha value is -2.84. The Kier molecular flexibility index (Phi) is 8.70. The number of aliphatic imine (C=N–C) groups is 1. The van der Waals surface area contributed by atoms with Crippen LogP contribution in [0.3, 0.4) is 0 Å². The second kappa shape index (κ2) is 11.7. The van der Waals surface area contributed by atoms with E-state index in [0.717, 1.165) is 61.2 Å². The van der Waals surface area contributed by atoms with Crippen molar-refractivity contribution in [3.05, 3.63) is 58.9 Å². The molecule has 2 aromatic carbocycles. The first kappa shape index (κ1) is 23.8. The lowest BCUT2D eigenvalue weighted by Crippen LogP contribution is -2.44. The Morgan fingerprint density at radius 1 is 1.16 bits per heavy atom. The van der Waals surface area contributed by atoms with Crippen LogP contribution in [0, 0.1) is 5.82 Å². The summed E-state index contributed by atoms with van der Waals surface area (Å²) in [5.74, 6) is 1.92. The van der Waals surface area contributed by atoms with Crippen molar-refractivity contribution in [1.82, 2.24) is 15.5 Å². The van der Waals surface area contributed by atoms with Crippen molar-refractivity contribution < 1.29 is 19.0 Å². The molecule has 0 amide bonds. The first-order chi connectivity index (χ1) is 15.5. The number of aliphatic hydroxyl groups is 1. The van der Waals surface area contributed by atoms with E-state index in [1.807, 2.05) is 25.1 Å². The number of likely N-dealkylation sites (tertiary alicyclic amines) is 1. The zero-order valence-corrected chi connectivity index (χ0v) is 19.0. The fourth-order valence-corrected chi connectivity index (χ4v) is 3.84. The molecule has 0 bridgehead atoms. The highest BCUT2D eigenvalue weighted by Gasteiger charge is 2.23. The van der Waals surface area contributed by atoms with E-state index in [1.165, 1.54) is 6.07 Å². The van der Waals surface area contributed by atoms with Crippen LogP contribution in [0.2, 0.25) is 0 Å². The number of nitrogens with one attached hydrogen (secondary N) is 2. The van der Waals surface area contributed by atoms with E-state index < -0.39 is 5.82 Å². The van der Waals surface area contributed by atoms with E-state index in [9.17, 15) is 9.50 Å². The number of aliphatic hydroxyl groups excluding tert-OH is 1. The molecule has 1 unspecified atom stereocenters. The van der Waals surface area contributed by atoms with Crippen molar-refractivity contribution in [3.63, 3.8) is 0 Å². The summed E-state index contributed by atoms with van der Waals surface area (Å²) in [5.41, 5.74) is 2.29. The third kappa shape index (κ3) is 6.58. The minimum atomic E-state index is -0.398. The minimum Gasteiger partial charge on any atom is -0.497 e. The first-order valence-corrected chi connectivity index (χ1v) is 10.9. The van der Waals surface area contributed by atoms with Crippen LogP contribution < -0.4 is 20.1 Å². The molecule has 1 saturated heterocycles. The van der Waals surface area contributed by atoms with E-state index in [0.29, 0.717) is 6.54 Å². The second-order valence-corrected chi connectivity index (χ2v) is 7.87. The molecule has 0 saturated carbocycles. The van der Waals surface area contributed by atoms with Gasteiger partial charge >= 0.3 is 0 Å². The molecular weight excluding hydrogens is 411 g/mol. The molecule has 174 valence electrons. The van der Waals surface area contributed by atoms with Crippen molar-refractivity contribution in [3.8, 4) is 11.5 Å². The van der Waals surface area contributed by atoms with Gasteiger partial charge in [-0.1, -0.05) is 6.07 Å². The van der Waals surface area contributed by atoms with E-state index in [4.69, 9.17) is 9.47 Å². The predicted molar refractivity (Wildman–Crippen MR) is 124 cm³/mol. The molecule has 32 heavy (non-hydrogen) atoms. The van der Waals surface area contributed by atoms with Crippen molar-refractivity contribution in [2.45, 2.75) is 39.1 Å². The molecule has 2 aromatic rings. The SMILES string of the molecule is CCNC(=NCc1ccc(F)c(CO)c1)NC1CCN(Cc2cc(OC)cc(OC)c2)C1. The highest BCUT2D eigenvalue weighted by Crippen LogP contribution is 2.24. The first-order valence-electron chi connectivity index (χ1n) is 10.9. The minimum absolute atomic E-state index is 0.279. The van der Waals surface area contributed by atoms with E-state index in [2.05, 4.69) is 20.5 Å². The molecule has 1 aliphatic rings. The predicted octanol–water partition coefficient (Wildman–Crippen LogP) is 2.66. The van der Waals surface area contributed by atoms with Crippen LogP contribution in [-0.4, -0.2) is 55.9 Å². The smallest absolute Gasteiger partial charge is 0.191 e. The second-order valence-electron chi connectivity index (χ2n) is 7.87. The van der Waals surface area contributed by atoms with Gasteiger partial charge in [-0.3, -0.25) is 4.90 Å². The summed E-state index contributed by atoms with van der Waals surface area (Å²) in [6.07, 6.45) is 1.01. The fourth-order valence-electron chi connectivity index (χ4n) is 3.84. The Bertz CT molecular complexity index is 900. The third-order valence-electron chi connectivity index (χ3n) is 5.48. The van der Waals surface area contributed by atoms with Gasteiger partial charge in [-0.2, -0.15) is 0 Å². The van der Waals surface area contributed by atoms with Crippen LogP contribution in [0.1, 0.15) is 30.0 Å². The zero-order chi connectivity index (χ0) is 22.9. The summed E-state index contributed by atoms with van der Waals surface area (Å²) in [4.78, 5) is 7.04. The highest BCUT2D eigenvalue weighted by atomic mass is 19.1. The van der Waals surface area contributed by atoms with Gasteiger partial charge in [-0.05, 0) is 48.7 Å². The molecule has 3 rings (SSSR count). The number of benzene rings is 2. The van der Waals surface area contributed by atoms with Crippen LogP contribution in [-0.2, 0) is 19.7 Å². The Morgan fingerprint density at radius 2 is 1.91 bits per heavy atom. The third-order valence-corrected chi connectivity index (χ3v) is 5.48. The van der Waals surface area contributed by atoms with Crippen LogP contribution in [0.15, 0.2) is 41.4 Å². The van der Waals surface area contributed by atoms with Crippen LogP contribution in [0.5, 0.6) is 11.5 Å². The number of guanidine groups is 1. The number of rotatable bonds is 9. The van der Waals surface area contributed by atoms with Crippen molar-refractivity contribution >= 4 is 5.96 Å². The van der Waals surface area contributed by atoms with Crippen molar-refractivity contribution in [1.29, 1.82) is 0 Å². The van der Waals surface area contributed by atoms with Crippen LogP contribution in [0.25, 0.3) is 0 Å². The molecule has 1 fully saturated rings. The molecule has 8 heteroatoms. The normalized spacial score (nSPS) is 16.8. The molecule has 1 atom stereocenters. The molecule has 3 N–H and O–H groups in total. The molecule has 0 spiro atoms. The molecule has 1 aliphatic heterocycles. The molecular formula is C24H33FN4O3. The van der Waals surface area contributed by atoms with Gasteiger partial charge in [0.15, 0.2) is 5.96 Å². The number of nitrogens with zero attached hydrogens (tertiary/aromatic N) is 2. The largest absolute Gasteiger partial charge is 0.497 e. The molecule has 1 heterocycles. The van der Waals surface area contributed by atoms with Gasteiger partial charge in [0.05, 0.1) is 27.4 Å². The lowest BCUT2D eigenvalue weighted by atomic mass is 10.1. The van der Waals surface area contributed by atoms with Gasteiger partial charge in [0.25, 0.3) is 0 Å². The lowest BCUT2D eigenvalue weighted by Gasteiger charge is -2.19. The van der Waals surface area contributed by atoms with Crippen molar-refractivity contribution in [2.75, 3.05) is 33.9 Å². The topological polar surface area (TPSA) is 78.4 Å². The molecule has 0 aliphatic carbocycles. The Morgan fingerprint density at radius 3 is 2.56 bits per heavy atom. The van der Waals surface area contributed by atoms with Crippen molar-refractivity contribution in [2.24, 2.45) is 4.99 Å². The number of ether oxygens (including phenoxy) is 2. The maximum Gasteiger partial charge on any atom is 0.191 e. The maximum absolute atomic E-state index is 13.6. The summed E-state index contributed by atoms with van der Waals surface area (Å²) in [6, 6.07) is 11.0. The Labute approximate surface area is 189 Å². The Balaban J connectivity index is 1.59. The number of hydrogen-bond donors (Lipinski definition) is 3. The summed E-state index contributed by atoms with van der Waals surface area (Å²) in [7, 11) is 3.32. The fraction of sp³-hybridized carbons (Fsp3) is 0.458. The van der Waals surface area contributed by atoms with E-state index >= 15 is 0 Å². The van der Waals surface area contributed by atoms with Gasteiger partial charge in [-0.15, -0.1) is 0 Å². The summed E-state index contributed by atoms with van der Waals surface area (Å²) in [6.45, 7) is 5.55. The van der Waals surface area contributed by atoms with Gasteiger partial charge in [0.1, 0.15) is 17.3 Å².